The molecule has 1 amide bonds. The van der Waals surface area contributed by atoms with Gasteiger partial charge in [-0.2, -0.15) is 4.98 Å². The molecular formula is C23H28N6O3. The van der Waals surface area contributed by atoms with Crippen LogP contribution in [0, 0.1) is 0 Å². The van der Waals surface area contributed by atoms with E-state index >= 15 is 0 Å². The van der Waals surface area contributed by atoms with Gasteiger partial charge in [-0.25, -0.2) is 9.97 Å². The minimum Gasteiger partial charge on any atom is -0.493 e. The molecule has 32 heavy (non-hydrogen) atoms. The fourth-order valence-corrected chi connectivity index (χ4v) is 4.02. The van der Waals surface area contributed by atoms with Crippen LogP contribution in [0.15, 0.2) is 49.2 Å². The largest absolute Gasteiger partial charge is 0.493 e. The van der Waals surface area contributed by atoms with Crippen LogP contribution < -0.4 is 19.7 Å². The van der Waals surface area contributed by atoms with Crippen LogP contribution in [0.3, 0.4) is 0 Å². The number of anilines is 1. The summed E-state index contributed by atoms with van der Waals surface area (Å²) in [6, 6.07) is 7.83. The lowest BCUT2D eigenvalue weighted by atomic mass is 10.1. The molecular weight excluding hydrogens is 408 g/mol. The highest BCUT2D eigenvalue weighted by Gasteiger charge is 2.28. The number of hydrogen-bond donors (Lipinski definition) is 1. The van der Waals surface area contributed by atoms with Gasteiger partial charge in [-0.05, 0) is 43.0 Å². The van der Waals surface area contributed by atoms with Gasteiger partial charge in [0.05, 0.1) is 14.2 Å². The molecule has 0 radical (unpaired) electrons. The first kappa shape index (κ1) is 21.6. The van der Waals surface area contributed by atoms with E-state index in [0.717, 1.165) is 37.2 Å². The molecule has 9 heteroatoms. The average molecular weight is 437 g/mol. The van der Waals surface area contributed by atoms with Crippen molar-refractivity contribution in [3.63, 3.8) is 0 Å². The molecule has 1 N–H and O–H groups in total. The van der Waals surface area contributed by atoms with Gasteiger partial charge in [0.15, 0.2) is 11.5 Å². The fourth-order valence-electron chi connectivity index (χ4n) is 4.02. The molecule has 1 aromatic carbocycles. The van der Waals surface area contributed by atoms with E-state index in [4.69, 9.17) is 9.47 Å². The Bertz CT molecular complexity index is 1040. The van der Waals surface area contributed by atoms with Crippen molar-refractivity contribution in [2.75, 3.05) is 32.2 Å². The lowest BCUT2D eigenvalue weighted by Crippen LogP contribution is -2.36. The zero-order chi connectivity index (χ0) is 22.3. The number of nitrogens with one attached hydrogen (secondary N) is 1. The van der Waals surface area contributed by atoms with Gasteiger partial charge in [-0.15, -0.1) is 0 Å². The number of carbonyl (C=O) groups is 1. The number of hydrogen-bond acceptors (Lipinski definition) is 7. The molecule has 4 rings (SSSR count). The van der Waals surface area contributed by atoms with Gasteiger partial charge < -0.3 is 19.7 Å². The van der Waals surface area contributed by atoms with E-state index in [-0.39, 0.29) is 11.9 Å². The van der Waals surface area contributed by atoms with Crippen LogP contribution in [-0.2, 0) is 11.2 Å². The van der Waals surface area contributed by atoms with Gasteiger partial charge in [0.1, 0.15) is 12.1 Å². The van der Waals surface area contributed by atoms with E-state index < -0.39 is 0 Å². The normalized spacial score (nSPS) is 15.6. The molecule has 2 aromatic heterocycles. The van der Waals surface area contributed by atoms with Gasteiger partial charge in [0, 0.05) is 44.1 Å². The predicted octanol–water partition coefficient (Wildman–Crippen LogP) is 2.40. The summed E-state index contributed by atoms with van der Waals surface area (Å²) in [6.45, 7) is 1.45. The summed E-state index contributed by atoms with van der Waals surface area (Å²) < 4.78 is 12.4. The van der Waals surface area contributed by atoms with E-state index in [1.807, 2.05) is 30.5 Å². The highest BCUT2D eigenvalue weighted by atomic mass is 16.5. The lowest BCUT2D eigenvalue weighted by Gasteiger charge is -2.25. The van der Waals surface area contributed by atoms with E-state index in [9.17, 15) is 4.79 Å². The van der Waals surface area contributed by atoms with Crippen LogP contribution in [0.25, 0.3) is 5.95 Å². The monoisotopic (exact) mass is 436 g/mol. The lowest BCUT2D eigenvalue weighted by molar-refractivity contribution is -0.121. The Morgan fingerprint density at radius 1 is 1.19 bits per heavy atom. The van der Waals surface area contributed by atoms with Crippen LogP contribution in [-0.4, -0.2) is 58.8 Å². The average Bonchev–Trinajstić information content (AvgIpc) is 3.51. The molecule has 3 heterocycles. The number of aromatic nitrogens is 4. The van der Waals surface area contributed by atoms with Crippen molar-refractivity contribution in [3.8, 4) is 17.4 Å². The summed E-state index contributed by atoms with van der Waals surface area (Å²) in [5, 5.41) is 3.05. The summed E-state index contributed by atoms with van der Waals surface area (Å²) >= 11 is 0. The summed E-state index contributed by atoms with van der Waals surface area (Å²) in [6.07, 6.45) is 10.1. The smallest absolute Gasteiger partial charge is 0.236 e. The zero-order valence-corrected chi connectivity index (χ0v) is 18.4. The van der Waals surface area contributed by atoms with Crippen molar-refractivity contribution in [1.82, 2.24) is 24.8 Å². The molecule has 0 bridgehead atoms. The van der Waals surface area contributed by atoms with E-state index in [1.54, 1.807) is 37.5 Å². The highest BCUT2D eigenvalue weighted by Crippen LogP contribution is 2.28. The van der Waals surface area contributed by atoms with Crippen molar-refractivity contribution in [3.05, 3.63) is 54.7 Å². The third kappa shape index (κ3) is 4.99. The first-order valence-corrected chi connectivity index (χ1v) is 10.7. The Balaban J connectivity index is 1.32. The zero-order valence-electron chi connectivity index (χ0n) is 18.4. The van der Waals surface area contributed by atoms with Crippen molar-refractivity contribution >= 4 is 11.7 Å². The Morgan fingerprint density at radius 2 is 2.06 bits per heavy atom. The SMILES string of the molecule is COc1ccc(CCNC(=O)CC2CCCN2c2ccnc(-n3ccnc3)n2)cc1OC. The highest BCUT2D eigenvalue weighted by molar-refractivity contribution is 5.77. The summed E-state index contributed by atoms with van der Waals surface area (Å²) in [5.41, 5.74) is 1.08. The number of rotatable bonds is 9. The summed E-state index contributed by atoms with van der Waals surface area (Å²) in [5.74, 6) is 2.85. The molecule has 0 spiro atoms. The minimum absolute atomic E-state index is 0.0475. The standard InChI is InChI=1S/C23H28N6O3/c1-31-19-6-5-17(14-20(19)32-2)7-9-25-22(30)15-18-4-3-12-29(18)21-8-10-26-23(27-21)28-13-11-24-16-28/h5-6,8,10-11,13-14,16,18H,3-4,7,9,12,15H2,1-2H3,(H,25,30). The molecule has 0 aliphatic carbocycles. The third-order valence-electron chi connectivity index (χ3n) is 5.64. The maximum atomic E-state index is 12.6. The summed E-state index contributed by atoms with van der Waals surface area (Å²) in [4.78, 5) is 27.9. The number of methoxy groups -OCH3 is 2. The first-order valence-electron chi connectivity index (χ1n) is 10.7. The Morgan fingerprint density at radius 3 is 2.84 bits per heavy atom. The van der Waals surface area contributed by atoms with Crippen molar-refractivity contribution < 1.29 is 14.3 Å². The van der Waals surface area contributed by atoms with Gasteiger partial charge >= 0.3 is 0 Å². The number of amides is 1. The molecule has 1 aliphatic rings. The number of benzene rings is 1. The molecule has 9 nitrogen and oxygen atoms in total. The van der Waals surface area contributed by atoms with Gasteiger partial charge in [-0.3, -0.25) is 9.36 Å². The van der Waals surface area contributed by atoms with Crippen molar-refractivity contribution in [2.24, 2.45) is 0 Å². The molecule has 1 saturated heterocycles. The topological polar surface area (TPSA) is 94.4 Å². The van der Waals surface area contributed by atoms with Gasteiger partial charge in [0.2, 0.25) is 11.9 Å². The third-order valence-corrected chi connectivity index (χ3v) is 5.64. The second-order valence-corrected chi connectivity index (χ2v) is 7.67. The van der Waals surface area contributed by atoms with Gasteiger partial charge in [-0.1, -0.05) is 6.07 Å². The van der Waals surface area contributed by atoms with E-state index in [1.165, 1.54) is 0 Å². The number of carbonyl (C=O) groups excluding carboxylic acids is 1. The molecule has 168 valence electrons. The van der Waals surface area contributed by atoms with Crippen LogP contribution in [0.4, 0.5) is 5.82 Å². The fraction of sp³-hybridized carbons (Fsp3) is 0.391. The van der Waals surface area contributed by atoms with E-state index in [2.05, 4.69) is 25.2 Å². The molecule has 1 aliphatic heterocycles. The quantitative estimate of drug-likeness (QED) is 0.550. The molecule has 3 aromatic rings. The number of ether oxygens (including phenoxy) is 2. The van der Waals surface area contributed by atoms with Crippen LogP contribution in [0.1, 0.15) is 24.8 Å². The Kier molecular flexibility index (Phi) is 6.84. The van der Waals surface area contributed by atoms with Crippen LogP contribution in [0.2, 0.25) is 0 Å². The Labute approximate surface area is 187 Å². The predicted molar refractivity (Wildman–Crippen MR) is 120 cm³/mol. The van der Waals surface area contributed by atoms with Gasteiger partial charge in [0.25, 0.3) is 0 Å². The minimum atomic E-state index is 0.0475. The number of nitrogens with zero attached hydrogens (tertiary/aromatic N) is 5. The number of imidazole rings is 1. The maximum Gasteiger partial charge on any atom is 0.236 e. The van der Waals surface area contributed by atoms with Crippen molar-refractivity contribution in [1.29, 1.82) is 0 Å². The molecule has 1 fully saturated rings. The first-order chi connectivity index (χ1) is 15.7. The molecule has 1 unspecified atom stereocenters. The molecule has 1 atom stereocenters. The van der Waals surface area contributed by atoms with Crippen molar-refractivity contribution in [2.45, 2.75) is 31.7 Å². The second-order valence-electron chi connectivity index (χ2n) is 7.67. The molecule has 0 saturated carbocycles. The summed E-state index contributed by atoms with van der Waals surface area (Å²) in [7, 11) is 3.23. The van der Waals surface area contributed by atoms with Crippen LogP contribution >= 0.6 is 0 Å². The Hall–Kier alpha value is -3.62. The maximum absolute atomic E-state index is 12.6. The van der Waals surface area contributed by atoms with E-state index in [0.29, 0.717) is 30.4 Å². The van der Waals surface area contributed by atoms with Crippen LogP contribution in [0.5, 0.6) is 11.5 Å². The second kappa shape index (κ2) is 10.1.